The average molecular weight is 190 g/mol. The van der Waals surface area contributed by atoms with Gasteiger partial charge in [0.25, 0.3) is 0 Å². The predicted octanol–water partition coefficient (Wildman–Crippen LogP) is 0.798. The summed E-state index contributed by atoms with van der Waals surface area (Å²) in [6.07, 6.45) is 2.66. The second-order valence-corrected chi connectivity index (χ2v) is 2.99. The normalized spacial score (nSPS) is 10.6. The molecular formula is C7H12ClN3O. The summed E-state index contributed by atoms with van der Waals surface area (Å²) in [6, 6.07) is 0. The Balaban J connectivity index is 0.00000121. The third-order valence-electron chi connectivity index (χ3n) is 1.21. The molecule has 0 spiro atoms. The Kier molecular flexibility index (Phi) is 3.42. The second kappa shape index (κ2) is 3.69. The largest absolute Gasteiger partial charge is 0.505 e. The van der Waals surface area contributed by atoms with Gasteiger partial charge in [0.05, 0.1) is 17.9 Å². The molecule has 0 bridgehead atoms. The monoisotopic (exact) mass is 189 g/mol. The van der Waals surface area contributed by atoms with Crippen LogP contribution < -0.4 is 5.73 Å². The molecule has 68 valence electrons. The van der Waals surface area contributed by atoms with Gasteiger partial charge >= 0.3 is 0 Å². The van der Waals surface area contributed by atoms with Crippen molar-refractivity contribution in [3.63, 3.8) is 0 Å². The van der Waals surface area contributed by atoms with Gasteiger partial charge in [0.15, 0.2) is 5.75 Å². The first-order valence-electron chi connectivity index (χ1n) is 3.30. The number of aromatic hydroxyl groups is 1. The summed E-state index contributed by atoms with van der Waals surface area (Å²) in [5.74, 6) is 0.577. The first-order valence-corrected chi connectivity index (χ1v) is 3.30. The van der Waals surface area contributed by atoms with E-state index in [9.17, 15) is 0 Å². The molecule has 4 nitrogen and oxygen atoms in total. The summed E-state index contributed by atoms with van der Waals surface area (Å²) < 4.78 is 0. The first-order chi connectivity index (χ1) is 5.00. The van der Waals surface area contributed by atoms with Crippen LogP contribution >= 0.6 is 12.4 Å². The lowest BCUT2D eigenvalue weighted by atomic mass is 10.1. The van der Waals surface area contributed by atoms with Gasteiger partial charge in [-0.25, -0.2) is 9.97 Å². The van der Waals surface area contributed by atoms with Gasteiger partial charge in [-0.05, 0) is 13.8 Å². The summed E-state index contributed by atoms with van der Waals surface area (Å²) in [4.78, 5) is 7.73. The zero-order chi connectivity index (χ0) is 8.48. The van der Waals surface area contributed by atoms with Crippen molar-refractivity contribution in [2.24, 2.45) is 5.73 Å². The van der Waals surface area contributed by atoms with Gasteiger partial charge in [0.1, 0.15) is 5.82 Å². The van der Waals surface area contributed by atoms with Gasteiger partial charge in [0, 0.05) is 0 Å². The molecule has 5 heteroatoms. The minimum Gasteiger partial charge on any atom is -0.505 e. The molecule has 0 aliphatic rings. The fourth-order valence-electron chi connectivity index (χ4n) is 0.654. The highest BCUT2D eigenvalue weighted by atomic mass is 35.5. The summed E-state index contributed by atoms with van der Waals surface area (Å²) in [6.45, 7) is 3.61. The number of hydrogen-bond donors (Lipinski definition) is 2. The van der Waals surface area contributed by atoms with Crippen molar-refractivity contribution < 1.29 is 5.11 Å². The molecule has 0 atom stereocenters. The van der Waals surface area contributed by atoms with Crippen LogP contribution in [-0.2, 0) is 5.54 Å². The van der Waals surface area contributed by atoms with Crippen LogP contribution in [0.4, 0.5) is 0 Å². The van der Waals surface area contributed by atoms with Crippen LogP contribution in [0, 0.1) is 0 Å². The van der Waals surface area contributed by atoms with Crippen LogP contribution in [0.5, 0.6) is 5.75 Å². The summed E-state index contributed by atoms with van der Waals surface area (Å²) in [5.41, 5.74) is 5.15. The minimum atomic E-state index is -0.548. The molecule has 3 N–H and O–H groups in total. The predicted molar refractivity (Wildman–Crippen MR) is 48.2 cm³/mol. The van der Waals surface area contributed by atoms with Crippen molar-refractivity contribution in [3.05, 3.63) is 18.2 Å². The molecule has 0 saturated heterocycles. The average Bonchev–Trinajstić information content (AvgIpc) is 1.86. The molecule has 12 heavy (non-hydrogen) atoms. The summed E-state index contributed by atoms with van der Waals surface area (Å²) in [7, 11) is 0. The molecule has 1 heterocycles. The molecule has 1 aromatic heterocycles. The van der Waals surface area contributed by atoms with Crippen molar-refractivity contribution in [3.8, 4) is 5.75 Å². The van der Waals surface area contributed by atoms with E-state index >= 15 is 0 Å². The first kappa shape index (κ1) is 11.1. The van der Waals surface area contributed by atoms with Gasteiger partial charge in [-0.3, -0.25) is 0 Å². The molecular weight excluding hydrogens is 178 g/mol. The molecule has 0 aliphatic carbocycles. The highest BCUT2D eigenvalue weighted by molar-refractivity contribution is 5.85. The topological polar surface area (TPSA) is 72.0 Å². The second-order valence-electron chi connectivity index (χ2n) is 2.99. The van der Waals surface area contributed by atoms with Gasteiger partial charge < -0.3 is 10.8 Å². The molecule has 1 aromatic rings. The number of aromatic nitrogens is 2. The lowest BCUT2D eigenvalue weighted by Crippen LogP contribution is -2.30. The molecule has 0 radical (unpaired) electrons. The number of halogens is 1. The van der Waals surface area contributed by atoms with E-state index in [4.69, 9.17) is 10.8 Å². The molecule has 0 amide bonds. The van der Waals surface area contributed by atoms with Crippen molar-refractivity contribution in [1.29, 1.82) is 0 Å². The maximum Gasteiger partial charge on any atom is 0.152 e. The Labute approximate surface area is 77.3 Å². The fraction of sp³-hybridized carbons (Fsp3) is 0.429. The van der Waals surface area contributed by atoms with E-state index in [1.54, 1.807) is 13.8 Å². The smallest absolute Gasteiger partial charge is 0.152 e. The standard InChI is InChI=1S/C7H11N3O.ClH/c1-7(2,8)6-9-3-5(11)4-10-6;/h3-4,11H,8H2,1-2H3;1H. The lowest BCUT2D eigenvalue weighted by Gasteiger charge is -2.15. The summed E-state index contributed by atoms with van der Waals surface area (Å²) >= 11 is 0. The van der Waals surface area contributed by atoms with Gasteiger partial charge in [-0.1, -0.05) is 0 Å². The lowest BCUT2D eigenvalue weighted by molar-refractivity contribution is 0.458. The van der Waals surface area contributed by atoms with Crippen LogP contribution in [0.25, 0.3) is 0 Å². The Morgan fingerprint density at radius 1 is 1.33 bits per heavy atom. The molecule has 0 saturated carbocycles. The maximum atomic E-state index is 8.86. The number of nitrogens with zero attached hydrogens (tertiary/aromatic N) is 2. The Morgan fingerprint density at radius 2 is 1.75 bits per heavy atom. The van der Waals surface area contributed by atoms with Crippen LogP contribution in [-0.4, -0.2) is 15.1 Å². The third kappa shape index (κ3) is 2.64. The van der Waals surface area contributed by atoms with Crippen molar-refractivity contribution in [2.75, 3.05) is 0 Å². The third-order valence-corrected chi connectivity index (χ3v) is 1.21. The Hall–Kier alpha value is -0.870. The highest BCUT2D eigenvalue weighted by Gasteiger charge is 2.16. The van der Waals surface area contributed by atoms with Crippen LogP contribution in [0.15, 0.2) is 12.4 Å². The highest BCUT2D eigenvalue weighted by Crippen LogP contribution is 2.12. The molecule has 0 aliphatic heterocycles. The number of nitrogens with two attached hydrogens (primary N) is 1. The molecule has 0 unspecified atom stereocenters. The number of rotatable bonds is 1. The SMILES string of the molecule is CC(C)(N)c1ncc(O)cn1.Cl. The van der Waals surface area contributed by atoms with Crippen LogP contribution in [0.1, 0.15) is 19.7 Å². The minimum absolute atomic E-state index is 0. The number of hydrogen-bond acceptors (Lipinski definition) is 4. The van der Waals surface area contributed by atoms with Crippen molar-refractivity contribution >= 4 is 12.4 Å². The Bertz CT molecular complexity index is 242. The van der Waals surface area contributed by atoms with Crippen LogP contribution in [0.2, 0.25) is 0 Å². The maximum absolute atomic E-state index is 8.86. The molecule has 0 fully saturated rings. The molecule has 0 aromatic carbocycles. The van der Waals surface area contributed by atoms with Crippen LogP contribution in [0.3, 0.4) is 0 Å². The van der Waals surface area contributed by atoms with E-state index in [1.807, 2.05) is 0 Å². The van der Waals surface area contributed by atoms with Gasteiger partial charge in [-0.15, -0.1) is 12.4 Å². The zero-order valence-corrected chi connectivity index (χ0v) is 7.80. The van der Waals surface area contributed by atoms with E-state index in [2.05, 4.69) is 9.97 Å². The molecule has 1 rings (SSSR count). The fourth-order valence-corrected chi connectivity index (χ4v) is 0.654. The Morgan fingerprint density at radius 3 is 2.08 bits per heavy atom. The zero-order valence-electron chi connectivity index (χ0n) is 6.98. The van der Waals surface area contributed by atoms with E-state index in [-0.39, 0.29) is 18.2 Å². The van der Waals surface area contributed by atoms with E-state index in [0.717, 1.165) is 0 Å². The van der Waals surface area contributed by atoms with Gasteiger partial charge in [0.2, 0.25) is 0 Å². The van der Waals surface area contributed by atoms with E-state index in [1.165, 1.54) is 12.4 Å². The van der Waals surface area contributed by atoms with Crippen molar-refractivity contribution in [1.82, 2.24) is 9.97 Å². The quantitative estimate of drug-likeness (QED) is 0.686. The van der Waals surface area contributed by atoms with E-state index in [0.29, 0.717) is 5.82 Å². The van der Waals surface area contributed by atoms with E-state index < -0.39 is 5.54 Å². The summed E-state index contributed by atoms with van der Waals surface area (Å²) in [5, 5.41) is 8.86. The van der Waals surface area contributed by atoms with Crippen molar-refractivity contribution in [2.45, 2.75) is 19.4 Å². The van der Waals surface area contributed by atoms with Gasteiger partial charge in [-0.2, -0.15) is 0 Å².